The van der Waals surface area contributed by atoms with Gasteiger partial charge in [0.15, 0.2) is 5.16 Å². The number of nitrogens with zero attached hydrogens (tertiary/aromatic N) is 2. The van der Waals surface area contributed by atoms with Gasteiger partial charge in [-0.3, -0.25) is 9.19 Å². The van der Waals surface area contributed by atoms with E-state index in [-0.39, 0.29) is 52.8 Å². The minimum absolute atomic E-state index is 0. The summed E-state index contributed by atoms with van der Waals surface area (Å²) in [5, 5.41) is 0.466. The number of pyridine rings is 1. The van der Waals surface area contributed by atoms with Crippen molar-refractivity contribution in [3.8, 4) is 5.75 Å². The van der Waals surface area contributed by atoms with Crippen molar-refractivity contribution in [1.29, 1.82) is 0 Å². The number of ether oxygens (including phenoxy) is 2. The zero-order valence-corrected chi connectivity index (χ0v) is 19.3. The predicted molar refractivity (Wildman–Crippen MR) is 98.3 cm³/mol. The van der Waals surface area contributed by atoms with E-state index in [0.29, 0.717) is 24.1 Å². The van der Waals surface area contributed by atoms with Crippen LogP contribution in [-0.2, 0) is 21.3 Å². The third-order valence-electron chi connectivity index (χ3n) is 3.86. The molecule has 3 rings (SSSR count). The Morgan fingerprint density at radius 1 is 1.23 bits per heavy atom. The number of benzene rings is 1. The van der Waals surface area contributed by atoms with E-state index in [1.165, 1.54) is 0 Å². The van der Waals surface area contributed by atoms with E-state index in [1.54, 1.807) is 13.3 Å². The Morgan fingerprint density at radius 3 is 2.81 bits per heavy atom. The molecule has 3 aromatic rings. The number of fused-ring (bicyclic) bond motifs is 1. The fourth-order valence-electron chi connectivity index (χ4n) is 2.48. The molecule has 0 fully saturated rings. The second-order valence-electron chi connectivity index (χ2n) is 5.62. The first kappa shape index (κ1) is 21.7. The number of aromatic amines is 1. The van der Waals surface area contributed by atoms with Crippen LogP contribution in [0.5, 0.6) is 5.75 Å². The van der Waals surface area contributed by atoms with Crippen molar-refractivity contribution in [3.05, 3.63) is 47.8 Å². The Hall–Kier alpha value is -0.614. The first-order valence-corrected chi connectivity index (χ1v) is 9.40. The number of imidazole rings is 1. The molecule has 0 saturated heterocycles. The van der Waals surface area contributed by atoms with Gasteiger partial charge in [-0.15, -0.1) is 0 Å². The van der Waals surface area contributed by atoms with Gasteiger partial charge in [-0.05, 0) is 25.1 Å². The van der Waals surface area contributed by atoms with Crippen molar-refractivity contribution >= 4 is 21.8 Å². The molecule has 0 spiro atoms. The molecule has 134 valence electrons. The molecule has 0 aliphatic carbocycles. The van der Waals surface area contributed by atoms with Crippen molar-refractivity contribution in [2.45, 2.75) is 24.3 Å². The minimum Gasteiger partial charge on any atom is -1.00 e. The predicted octanol–water partition coefficient (Wildman–Crippen LogP) is 0.106. The molecule has 8 heteroatoms. The van der Waals surface area contributed by atoms with Gasteiger partial charge < -0.3 is 15.9 Å². The Labute approximate surface area is 199 Å². The van der Waals surface area contributed by atoms with Crippen LogP contribution in [0.25, 0.3) is 11.0 Å². The summed E-state index contributed by atoms with van der Waals surface area (Å²) in [4.78, 5) is 11.9. The van der Waals surface area contributed by atoms with E-state index >= 15 is 0 Å². The van der Waals surface area contributed by atoms with Crippen molar-refractivity contribution in [1.82, 2.24) is 15.0 Å². The van der Waals surface area contributed by atoms with E-state index in [4.69, 9.17) is 9.47 Å². The molecule has 1 N–H and O–H groups in total. The van der Waals surface area contributed by atoms with Crippen LogP contribution in [-0.4, -0.2) is 39.5 Å². The van der Waals surface area contributed by atoms with Gasteiger partial charge in [0, 0.05) is 31.9 Å². The van der Waals surface area contributed by atoms with Crippen molar-refractivity contribution in [2.24, 2.45) is 0 Å². The number of hydrogen-bond donors (Lipinski definition) is 1. The number of nitrogens with one attached hydrogen (secondary N) is 1. The maximum absolute atomic E-state index is 12.7. The van der Waals surface area contributed by atoms with Gasteiger partial charge in [-0.1, -0.05) is 12.1 Å². The van der Waals surface area contributed by atoms with Crippen LogP contribution in [0.3, 0.4) is 0 Å². The summed E-state index contributed by atoms with van der Waals surface area (Å²) in [7, 11) is 0.371. The fourth-order valence-corrected chi connectivity index (χ4v) is 3.58. The van der Waals surface area contributed by atoms with Crippen LogP contribution >= 0.6 is 0 Å². The number of hydrogen-bond acceptors (Lipinski definition) is 5. The first-order valence-electron chi connectivity index (χ1n) is 8.08. The molecule has 1 aromatic carbocycles. The van der Waals surface area contributed by atoms with Crippen LogP contribution < -0.4 is 56.1 Å². The number of rotatable bonds is 8. The van der Waals surface area contributed by atoms with Gasteiger partial charge in [0.05, 0.1) is 39.9 Å². The van der Waals surface area contributed by atoms with Gasteiger partial charge >= 0.3 is 51.4 Å². The Morgan fingerprint density at radius 2 is 2.04 bits per heavy atom. The maximum Gasteiger partial charge on any atom is 1.00 e. The van der Waals surface area contributed by atoms with Gasteiger partial charge in [0.25, 0.3) is 0 Å². The average molecular weight is 400 g/mol. The van der Waals surface area contributed by atoms with Gasteiger partial charge in [0.1, 0.15) is 5.75 Å². The molecular weight excluding hydrogens is 377 g/mol. The van der Waals surface area contributed by atoms with Crippen molar-refractivity contribution in [3.63, 3.8) is 0 Å². The number of para-hydroxylation sites is 2. The summed E-state index contributed by atoms with van der Waals surface area (Å²) < 4.78 is 23.5. The Kier molecular flexibility index (Phi) is 8.88. The normalized spacial score (nSPS) is 11.9. The van der Waals surface area contributed by atoms with Crippen LogP contribution in [0.2, 0.25) is 0 Å². The SMILES string of the molecule is COCCCOc1ccnc(C[S@](=O)c2nc3ccccc3[nH]2)c1C.[H-].[K+]. The van der Waals surface area contributed by atoms with Gasteiger partial charge in [0.2, 0.25) is 0 Å². The smallest absolute Gasteiger partial charge is 1.00 e. The van der Waals surface area contributed by atoms with E-state index in [2.05, 4.69) is 15.0 Å². The topological polar surface area (TPSA) is 77.1 Å². The number of aromatic nitrogens is 3. The molecule has 0 radical (unpaired) electrons. The minimum atomic E-state index is -1.30. The zero-order chi connectivity index (χ0) is 17.6. The number of H-pyrrole nitrogens is 1. The third-order valence-corrected chi connectivity index (χ3v) is 5.02. The summed E-state index contributed by atoms with van der Waals surface area (Å²) in [5.41, 5.74) is 3.35. The zero-order valence-electron chi connectivity index (χ0n) is 16.3. The molecule has 0 amide bonds. The Balaban J connectivity index is 0.00000182. The fraction of sp³-hybridized carbons (Fsp3) is 0.333. The third kappa shape index (κ3) is 5.45. The van der Waals surface area contributed by atoms with Crippen LogP contribution in [0.1, 0.15) is 19.1 Å². The van der Waals surface area contributed by atoms with Crippen LogP contribution in [0, 0.1) is 6.92 Å². The maximum atomic E-state index is 12.7. The molecule has 0 bridgehead atoms. The summed E-state index contributed by atoms with van der Waals surface area (Å²) in [6.07, 6.45) is 2.50. The summed E-state index contributed by atoms with van der Waals surface area (Å²) in [6.45, 7) is 3.17. The molecule has 0 saturated carbocycles. The Bertz CT molecular complexity index is 858. The van der Waals surface area contributed by atoms with Gasteiger partial charge in [-0.2, -0.15) is 0 Å². The molecule has 0 aliphatic rings. The largest absolute Gasteiger partial charge is 1.00 e. The molecular formula is C18H22KN3O3S. The van der Waals surface area contributed by atoms with E-state index in [0.717, 1.165) is 34.5 Å². The van der Waals surface area contributed by atoms with Gasteiger partial charge in [-0.25, -0.2) is 4.98 Å². The molecule has 6 nitrogen and oxygen atoms in total. The van der Waals surface area contributed by atoms with E-state index in [1.807, 2.05) is 37.3 Å². The molecule has 26 heavy (non-hydrogen) atoms. The number of methoxy groups -OCH3 is 1. The van der Waals surface area contributed by atoms with Crippen LogP contribution in [0.4, 0.5) is 0 Å². The van der Waals surface area contributed by atoms with E-state index < -0.39 is 10.8 Å². The van der Waals surface area contributed by atoms with Crippen molar-refractivity contribution < 1.29 is 66.5 Å². The molecule has 1 atom stereocenters. The monoisotopic (exact) mass is 399 g/mol. The molecule has 2 aromatic heterocycles. The second kappa shape index (κ2) is 10.7. The summed E-state index contributed by atoms with van der Waals surface area (Å²) >= 11 is 0. The molecule has 0 aliphatic heterocycles. The van der Waals surface area contributed by atoms with Crippen LogP contribution in [0.15, 0.2) is 41.7 Å². The molecule has 0 unspecified atom stereocenters. The van der Waals surface area contributed by atoms with Crippen molar-refractivity contribution in [2.75, 3.05) is 20.3 Å². The standard InChI is InChI=1S/C18H21N3O3S.K.H/c1-13-16(19-9-8-17(13)24-11-5-10-23-2)12-25(22)18-20-14-6-3-4-7-15(14)21-18;;/h3-4,6-9H,5,10-12H2,1-2H3,(H,20,21);;/q;+1;-1/t25-;;/m0../s1. The molecule has 2 heterocycles. The summed E-state index contributed by atoms with van der Waals surface area (Å²) in [6, 6.07) is 9.47. The second-order valence-corrected chi connectivity index (χ2v) is 6.99. The first-order chi connectivity index (χ1) is 12.2. The van der Waals surface area contributed by atoms with E-state index in [9.17, 15) is 4.21 Å². The quantitative estimate of drug-likeness (QED) is 0.430. The average Bonchev–Trinajstić information content (AvgIpc) is 3.06. The summed E-state index contributed by atoms with van der Waals surface area (Å²) in [5.74, 6) is 1.06.